The monoisotopic (exact) mass is 469 g/mol. The molecule has 180 valence electrons. The van der Waals surface area contributed by atoms with Crippen LogP contribution in [0.15, 0.2) is 48.1 Å². The van der Waals surface area contributed by atoms with Crippen LogP contribution < -0.4 is 0 Å². The average molecular weight is 470 g/mol. The number of benzene rings is 1. The van der Waals surface area contributed by atoms with Crippen molar-refractivity contribution in [2.75, 3.05) is 24.6 Å². The van der Waals surface area contributed by atoms with Crippen LogP contribution in [0.5, 0.6) is 0 Å². The molecule has 0 aromatic heterocycles. The third kappa shape index (κ3) is 6.74. The largest absolute Gasteiger partial charge is 0.392 e. The van der Waals surface area contributed by atoms with E-state index in [1.807, 2.05) is 28.8 Å². The maximum absolute atomic E-state index is 12.3. The number of thioether (sulfide) groups is 1. The predicted molar refractivity (Wildman–Crippen MR) is 136 cm³/mol. The number of nitrogens with zero attached hydrogens (tertiary/aromatic N) is 1. The molecule has 0 radical (unpaired) electrons. The molecule has 2 N–H and O–H groups in total. The second-order valence-corrected chi connectivity index (χ2v) is 11.2. The molecule has 0 unspecified atom stereocenters. The molecule has 3 aliphatic rings. The van der Waals surface area contributed by atoms with Gasteiger partial charge >= 0.3 is 0 Å². The van der Waals surface area contributed by atoms with Gasteiger partial charge in [-0.05, 0) is 56.4 Å². The minimum Gasteiger partial charge on any atom is -0.392 e. The van der Waals surface area contributed by atoms with Crippen LogP contribution >= 0.6 is 11.8 Å². The summed E-state index contributed by atoms with van der Waals surface area (Å²) in [6.07, 6.45) is 12.1. The van der Waals surface area contributed by atoms with Crippen LogP contribution in [0.1, 0.15) is 49.7 Å². The molecule has 2 fully saturated rings. The number of hydrogen-bond acceptors (Lipinski definition) is 4. The Morgan fingerprint density at radius 2 is 2.09 bits per heavy atom. The molecule has 5 heteroatoms. The lowest BCUT2D eigenvalue weighted by molar-refractivity contribution is -0.131. The SMILES string of the molecule is Cc1cccc(C[C@H](O)/C=C/[C@@H]2[C@H]3CC(CSCCC(=O)N4CCCCC4)=C[C@H]3C[C@H]2O)c1. The van der Waals surface area contributed by atoms with E-state index in [1.54, 1.807) is 0 Å². The molecule has 5 atom stereocenters. The highest BCUT2D eigenvalue weighted by Crippen LogP contribution is 2.47. The molecule has 1 heterocycles. The van der Waals surface area contributed by atoms with Crippen LogP contribution in [0.2, 0.25) is 0 Å². The van der Waals surface area contributed by atoms with Crippen molar-refractivity contribution in [3.05, 3.63) is 59.2 Å². The fraction of sp³-hybridized carbons (Fsp3) is 0.607. The highest BCUT2D eigenvalue weighted by atomic mass is 32.2. The average Bonchev–Trinajstić information content (AvgIpc) is 3.32. The second kappa shape index (κ2) is 11.7. The van der Waals surface area contributed by atoms with Crippen molar-refractivity contribution < 1.29 is 15.0 Å². The zero-order chi connectivity index (χ0) is 23.2. The Morgan fingerprint density at radius 1 is 1.27 bits per heavy atom. The van der Waals surface area contributed by atoms with Gasteiger partial charge in [0, 0.05) is 43.4 Å². The molecule has 1 saturated carbocycles. The van der Waals surface area contributed by atoms with Gasteiger partial charge in [-0.2, -0.15) is 11.8 Å². The summed E-state index contributed by atoms with van der Waals surface area (Å²) in [5, 5.41) is 21.1. The van der Waals surface area contributed by atoms with Gasteiger partial charge < -0.3 is 15.1 Å². The van der Waals surface area contributed by atoms with Crippen molar-refractivity contribution in [2.24, 2.45) is 17.8 Å². The summed E-state index contributed by atoms with van der Waals surface area (Å²) in [6.45, 7) is 3.94. The van der Waals surface area contributed by atoms with E-state index in [9.17, 15) is 15.0 Å². The molecule has 4 rings (SSSR count). The first kappa shape index (κ1) is 24.6. The molecule has 1 aliphatic heterocycles. The zero-order valence-electron chi connectivity index (χ0n) is 19.9. The quantitative estimate of drug-likeness (QED) is 0.412. The highest BCUT2D eigenvalue weighted by molar-refractivity contribution is 7.99. The van der Waals surface area contributed by atoms with Crippen LogP contribution in [-0.4, -0.2) is 57.8 Å². The van der Waals surface area contributed by atoms with Crippen molar-refractivity contribution in [3.63, 3.8) is 0 Å². The van der Waals surface area contributed by atoms with Gasteiger partial charge in [-0.25, -0.2) is 0 Å². The maximum atomic E-state index is 12.3. The number of amides is 1. The summed E-state index contributed by atoms with van der Waals surface area (Å²) in [4.78, 5) is 14.4. The fourth-order valence-corrected chi connectivity index (χ4v) is 6.72. The minimum atomic E-state index is -0.528. The first-order valence-corrected chi connectivity index (χ1v) is 13.8. The summed E-state index contributed by atoms with van der Waals surface area (Å²) in [5.74, 6) is 3.18. The standard InChI is InChI=1S/C28H39NO3S/c1-20-6-5-7-21(14-20)16-24(30)8-9-25-26-17-22(15-23(26)18-27(25)31)19-33-13-10-28(32)29-11-3-2-4-12-29/h5-9,14-15,23-27,30-31H,2-4,10-13,16-19H2,1H3/b9-8+/t23-,24+,25+,26-,27+/m0/s1. The van der Waals surface area contributed by atoms with Crippen molar-refractivity contribution in [3.8, 4) is 0 Å². The number of carbonyl (C=O) groups excluding carboxylic acids is 1. The van der Waals surface area contributed by atoms with Crippen LogP contribution in [0.25, 0.3) is 0 Å². The van der Waals surface area contributed by atoms with Gasteiger partial charge in [-0.15, -0.1) is 0 Å². The Balaban J connectivity index is 1.21. The van der Waals surface area contributed by atoms with E-state index in [2.05, 4.69) is 37.3 Å². The Kier molecular flexibility index (Phi) is 8.72. The number of rotatable bonds is 9. The molecule has 0 spiro atoms. The van der Waals surface area contributed by atoms with E-state index in [-0.39, 0.29) is 12.0 Å². The number of carbonyl (C=O) groups is 1. The number of likely N-dealkylation sites (tertiary alicyclic amines) is 1. The molecular weight excluding hydrogens is 430 g/mol. The van der Waals surface area contributed by atoms with Gasteiger partial charge in [0.25, 0.3) is 0 Å². The number of allylic oxidation sites excluding steroid dienone is 1. The van der Waals surface area contributed by atoms with Gasteiger partial charge in [0.2, 0.25) is 5.91 Å². The van der Waals surface area contributed by atoms with Crippen molar-refractivity contribution >= 4 is 17.7 Å². The third-order valence-electron chi connectivity index (χ3n) is 7.49. The Morgan fingerprint density at radius 3 is 2.88 bits per heavy atom. The minimum absolute atomic E-state index is 0.113. The Bertz CT molecular complexity index is 860. The number of hydrogen-bond donors (Lipinski definition) is 2. The van der Waals surface area contributed by atoms with E-state index >= 15 is 0 Å². The van der Waals surface area contributed by atoms with Gasteiger partial charge in [0.1, 0.15) is 0 Å². The molecule has 1 amide bonds. The lowest BCUT2D eigenvalue weighted by Gasteiger charge is -2.26. The van der Waals surface area contributed by atoms with Crippen LogP contribution in [0, 0.1) is 24.7 Å². The van der Waals surface area contributed by atoms with Crippen molar-refractivity contribution in [1.29, 1.82) is 0 Å². The van der Waals surface area contributed by atoms with Gasteiger partial charge in [0.15, 0.2) is 0 Å². The van der Waals surface area contributed by atoms with Gasteiger partial charge in [-0.1, -0.05) is 53.6 Å². The van der Waals surface area contributed by atoms with Gasteiger partial charge in [0.05, 0.1) is 12.2 Å². The number of aliphatic hydroxyl groups is 2. The topological polar surface area (TPSA) is 60.8 Å². The first-order valence-electron chi connectivity index (χ1n) is 12.6. The van der Waals surface area contributed by atoms with Crippen LogP contribution in [0.3, 0.4) is 0 Å². The normalized spacial score (nSPS) is 28.2. The fourth-order valence-electron chi connectivity index (χ4n) is 5.78. The lowest BCUT2D eigenvalue weighted by atomic mass is 9.89. The summed E-state index contributed by atoms with van der Waals surface area (Å²) in [7, 11) is 0. The molecular formula is C28H39NO3S. The van der Waals surface area contributed by atoms with Gasteiger partial charge in [-0.3, -0.25) is 4.79 Å². The number of aryl methyl sites for hydroxylation is 1. The molecule has 1 saturated heterocycles. The van der Waals surface area contributed by atoms with E-state index in [4.69, 9.17) is 0 Å². The highest BCUT2D eigenvalue weighted by Gasteiger charge is 2.43. The summed E-state index contributed by atoms with van der Waals surface area (Å²) in [6, 6.07) is 8.26. The van der Waals surface area contributed by atoms with E-state index in [1.165, 1.54) is 17.6 Å². The smallest absolute Gasteiger partial charge is 0.223 e. The van der Waals surface area contributed by atoms with Crippen LogP contribution in [0.4, 0.5) is 0 Å². The molecule has 0 bridgehead atoms. The van der Waals surface area contributed by atoms with Crippen molar-refractivity contribution in [2.45, 2.75) is 64.1 Å². The van der Waals surface area contributed by atoms with E-state index in [0.717, 1.165) is 55.8 Å². The number of fused-ring (bicyclic) bond motifs is 1. The second-order valence-electron chi connectivity index (χ2n) is 10.1. The van der Waals surface area contributed by atoms with E-state index < -0.39 is 6.10 Å². The summed E-state index contributed by atoms with van der Waals surface area (Å²) >= 11 is 1.87. The van der Waals surface area contributed by atoms with Crippen LogP contribution in [-0.2, 0) is 11.2 Å². The van der Waals surface area contributed by atoms with Crippen molar-refractivity contribution in [1.82, 2.24) is 4.90 Å². The molecule has 4 nitrogen and oxygen atoms in total. The first-order chi connectivity index (χ1) is 16.0. The zero-order valence-corrected chi connectivity index (χ0v) is 20.7. The Hall–Kier alpha value is -1.56. The van der Waals surface area contributed by atoms with E-state index in [0.29, 0.717) is 30.6 Å². The number of piperidine rings is 1. The predicted octanol–water partition coefficient (Wildman–Crippen LogP) is 4.53. The summed E-state index contributed by atoms with van der Waals surface area (Å²) < 4.78 is 0. The molecule has 2 aliphatic carbocycles. The Labute approximate surface area is 203 Å². The third-order valence-corrected chi connectivity index (χ3v) is 8.56. The molecule has 33 heavy (non-hydrogen) atoms. The molecule has 1 aromatic carbocycles. The maximum Gasteiger partial charge on any atom is 0.223 e. The summed E-state index contributed by atoms with van der Waals surface area (Å²) in [5.41, 5.74) is 3.81. The number of aliphatic hydroxyl groups excluding tert-OH is 2. The lowest BCUT2D eigenvalue weighted by Crippen LogP contribution is -2.35. The molecule has 1 aromatic rings.